The molecule has 4 rings (SSSR count). The highest BCUT2D eigenvalue weighted by Crippen LogP contribution is 2.44. The average molecular weight is 429 g/mol. The molecule has 1 saturated carbocycles. The molecule has 1 aromatic heterocycles. The number of piperidine rings is 1. The minimum Gasteiger partial charge on any atom is -0.348 e. The molecule has 30 heavy (non-hydrogen) atoms. The predicted molar refractivity (Wildman–Crippen MR) is 121 cm³/mol. The molecule has 1 aliphatic carbocycles. The molecule has 162 valence electrons. The number of aromatic nitrogens is 2. The molecule has 6 heteroatoms. The molecule has 0 unspecified atom stereocenters. The second kappa shape index (κ2) is 8.72. The minimum absolute atomic E-state index is 0.00743. The Kier molecular flexibility index (Phi) is 6.21. The Morgan fingerprint density at radius 3 is 2.43 bits per heavy atom. The summed E-state index contributed by atoms with van der Waals surface area (Å²) < 4.78 is 1.70. The van der Waals surface area contributed by atoms with Crippen LogP contribution in [0.2, 0.25) is 5.02 Å². The quantitative estimate of drug-likeness (QED) is 0.736. The highest BCUT2D eigenvalue weighted by atomic mass is 35.5. The number of likely N-dealkylation sites (tertiary alicyclic amines) is 1. The van der Waals surface area contributed by atoms with Crippen LogP contribution in [0.1, 0.15) is 73.6 Å². The predicted octanol–water partition coefficient (Wildman–Crippen LogP) is 4.51. The smallest absolute Gasteiger partial charge is 0.269 e. The molecule has 1 aliphatic heterocycles. The zero-order valence-corrected chi connectivity index (χ0v) is 19.1. The number of carbonyl (C=O) groups is 1. The van der Waals surface area contributed by atoms with E-state index in [0.717, 1.165) is 43.2 Å². The number of carbonyl (C=O) groups excluding carboxylic acids is 1. The van der Waals surface area contributed by atoms with Crippen molar-refractivity contribution in [3.63, 3.8) is 0 Å². The van der Waals surface area contributed by atoms with Gasteiger partial charge in [0.25, 0.3) is 5.91 Å². The lowest BCUT2D eigenvalue weighted by atomic mass is 9.64. The van der Waals surface area contributed by atoms with E-state index in [9.17, 15) is 4.79 Å². The van der Waals surface area contributed by atoms with Crippen LogP contribution in [0.25, 0.3) is 0 Å². The molecule has 0 spiro atoms. The Morgan fingerprint density at radius 2 is 1.90 bits per heavy atom. The largest absolute Gasteiger partial charge is 0.348 e. The zero-order chi connectivity index (χ0) is 21.3. The van der Waals surface area contributed by atoms with Gasteiger partial charge < -0.3 is 10.2 Å². The van der Waals surface area contributed by atoms with Gasteiger partial charge in [-0.25, -0.2) is 0 Å². The van der Waals surface area contributed by atoms with Crippen molar-refractivity contribution >= 4 is 17.5 Å². The number of amides is 1. The third kappa shape index (κ3) is 4.42. The van der Waals surface area contributed by atoms with Crippen molar-refractivity contribution in [2.75, 3.05) is 19.6 Å². The van der Waals surface area contributed by atoms with Crippen LogP contribution in [0.15, 0.2) is 30.3 Å². The average Bonchev–Trinajstić information content (AvgIpc) is 3.09. The van der Waals surface area contributed by atoms with Crippen LogP contribution in [0.4, 0.5) is 0 Å². The van der Waals surface area contributed by atoms with Crippen molar-refractivity contribution < 1.29 is 4.79 Å². The second-order valence-electron chi connectivity index (χ2n) is 9.40. The first-order valence-corrected chi connectivity index (χ1v) is 11.6. The lowest BCUT2D eigenvalue weighted by Gasteiger charge is -2.47. The summed E-state index contributed by atoms with van der Waals surface area (Å²) in [5.74, 6) is 0.312. The Labute approximate surface area is 184 Å². The van der Waals surface area contributed by atoms with E-state index in [1.54, 1.807) is 4.68 Å². The molecule has 1 saturated heterocycles. The van der Waals surface area contributed by atoms with Crippen molar-refractivity contribution in [2.45, 2.75) is 63.3 Å². The lowest BCUT2D eigenvalue weighted by molar-refractivity contribution is 0.0861. The fourth-order valence-electron chi connectivity index (χ4n) is 4.85. The van der Waals surface area contributed by atoms with Gasteiger partial charge in [-0.1, -0.05) is 44.0 Å². The van der Waals surface area contributed by atoms with E-state index in [0.29, 0.717) is 11.6 Å². The monoisotopic (exact) mass is 428 g/mol. The van der Waals surface area contributed by atoms with Gasteiger partial charge in [0.2, 0.25) is 0 Å². The molecule has 5 nitrogen and oxygen atoms in total. The van der Waals surface area contributed by atoms with Gasteiger partial charge in [-0.3, -0.25) is 9.48 Å². The Balaban J connectivity index is 1.32. The summed E-state index contributed by atoms with van der Waals surface area (Å²) in [5, 5.41) is 8.51. The van der Waals surface area contributed by atoms with Crippen molar-refractivity contribution in [2.24, 2.45) is 7.05 Å². The van der Waals surface area contributed by atoms with E-state index >= 15 is 0 Å². The van der Waals surface area contributed by atoms with E-state index < -0.39 is 0 Å². The number of benzene rings is 1. The number of hydrogen-bond acceptors (Lipinski definition) is 3. The zero-order valence-electron chi connectivity index (χ0n) is 18.3. The maximum Gasteiger partial charge on any atom is 0.269 e. The molecule has 2 aliphatic rings. The van der Waals surface area contributed by atoms with E-state index in [1.807, 2.05) is 25.2 Å². The highest BCUT2D eigenvalue weighted by molar-refractivity contribution is 6.30. The first-order valence-electron chi connectivity index (χ1n) is 11.2. The van der Waals surface area contributed by atoms with Crippen LogP contribution in [-0.2, 0) is 12.5 Å². The molecule has 0 bridgehead atoms. The van der Waals surface area contributed by atoms with Crippen LogP contribution in [0.5, 0.6) is 0 Å². The number of nitrogens with zero attached hydrogens (tertiary/aromatic N) is 3. The molecule has 1 N–H and O–H groups in total. The Morgan fingerprint density at radius 1 is 1.23 bits per heavy atom. The molecule has 0 radical (unpaired) electrons. The van der Waals surface area contributed by atoms with Gasteiger partial charge in [0.05, 0.1) is 5.69 Å². The lowest BCUT2D eigenvalue weighted by Crippen LogP contribution is -2.51. The highest BCUT2D eigenvalue weighted by Gasteiger charge is 2.40. The van der Waals surface area contributed by atoms with Gasteiger partial charge in [-0.2, -0.15) is 5.10 Å². The summed E-state index contributed by atoms with van der Waals surface area (Å²) in [4.78, 5) is 15.3. The number of rotatable bonds is 6. The number of aryl methyl sites for hydroxylation is 1. The van der Waals surface area contributed by atoms with Gasteiger partial charge in [-0.15, -0.1) is 0 Å². The fraction of sp³-hybridized carbons (Fsp3) is 0.583. The summed E-state index contributed by atoms with van der Waals surface area (Å²) in [5.41, 5.74) is 3.32. The van der Waals surface area contributed by atoms with E-state index in [4.69, 9.17) is 11.6 Å². The molecule has 1 aromatic carbocycles. The SMILES string of the molecule is CC(C)c1cc(C(=O)NC2CCN(CC3(c4ccc(Cl)cc4)CCC3)CC2)n(C)n1. The van der Waals surface area contributed by atoms with Gasteiger partial charge in [0.15, 0.2) is 0 Å². The minimum atomic E-state index is -0.00743. The topological polar surface area (TPSA) is 50.2 Å². The third-order valence-electron chi connectivity index (χ3n) is 6.94. The summed E-state index contributed by atoms with van der Waals surface area (Å²) in [6, 6.07) is 10.6. The summed E-state index contributed by atoms with van der Waals surface area (Å²) in [6.45, 7) is 7.36. The number of hydrogen-bond donors (Lipinski definition) is 1. The standard InChI is InChI=1S/C24H33ClN4O/c1-17(2)21-15-22(28(3)27-21)23(30)26-20-9-13-29(14-10-20)16-24(11-4-12-24)18-5-7-19(25)8-6-18/h5-8,15,17,20H,4,9-14,16H2,1-3H3,(H,26,30). The van der Waals surface area contributed by atoms with Crippen LogP contribution in [0.3, 0.4) is 0 Å². The maximum atomic E-state index is 12.8. The Hall–Kier alpha value is -1.85. The molecular formula is C24H33ClN4O. The maximum absolute atomic E-state index is 12.8. The van der Waals surface area contributed by atoms with Crippen molar-refractivity contribution in [3.8, 4) is 0 Å². The molecule has 2 heterocycles. The summed E-state index contributed by atoms with van der Waals surface area (Å²) in [6.07, 6.45) is 5.81. The van der Waals surface area contributed by atoms with Crippen LogP contribution >= 0.6 is 11.6 Å². The van der Waals surface area contributed by atoms with Crippen molar-refractivity contribution in [1.82, 2.24) is 20.0 Å². The molecule has 2 fully saturated rings. The molecule has 2 aromatic rings. The Bertz CT molecular complexity index is 877. The van der Waals surface area contributed by atoms with Gasteiger partial charge >= 0.3 is 0 Å². The van der Waals surface area contributed by atoms with E-state index in [1.165, 1.54) is 24.8 Å². The van der Waals surface area contributed by atoms with E-state index in [-0.39, 0.29) is 17.4 Å². The van der Waals surface area contributed by atoms with Crippen molar-refractivity contribution in [1.29, 1.82) is 0 Å². The van der Waals surface area contributed by atoms with Gasteiger partial charge in [0, 0.05) is 43.2 Å². The van der Waals surface area contributed by atoms with Gasteiger partial charge in [-0.05, 0) is 55.4 Å². The first kappa shape index (κ1) is 21.4. The molecular weight excluding hydrogens is 396 g/mol. The molecule has 1 amide bonds. The van der Waals surface area contributed by atoms with E-state index in [2.05, 4.69) is 41.3 Å². The number of halogens is 1. The van der Waals surface area contributed by atoms with Crippen LogP contribution in [0, 0.1) is 0 Å². The van der Waals surface area contributed by atoms with Crippen LogP contribution < -0.4 is 5.32 Å². The number of nitrogens with one attached hydrogen (secondary N) is 1. The summed E-state index contributed by atoms with van der Waals surface area (Å²) >= 11 is 6.09. The summed E-state index contributed by atoms with van der Waals surface area (Å²) in [7, 11) is 1.85. The van der Waals surface area contributed by atoms with Crippen LogP contribution in [-0.4, -0.2) is 46.3 Å². The second-order valence-corrected chi connectivity index (χ2v) is 9.83. The normalized spacial score (nSPS) is 19.6. The van der Waals surface area contributed by atoms with Gasteiger partial charge in [0.1, 0.15) is 5.69 Å². The fourth-order valence-corrected chi connectivity index (χ4v) is 4.98. The molecule has 0 atom stereocenters. The van der Waals surface area contributed by atoms with Crippen molar-refractivity contribution in [3.05, 3.63) is 52.3 Å². The third-order valence-corrected chi connectivity index (χ3v) is 7.19. The first-order chi connectivity index (χ1) is 14.4.